The highest BCUT2D eigenvalue weighted by atomic mass is 16.3. The van der Waals surface area contributed by atoms with Gasteiger partial charge in [0.2, 0.25) is 0 Å². The van der Waals surface area contributed by atoms with Crippen molar-refractivity contribution in [3.05, 3.63) is 59.5 Å². The fourth-order valence-electron chi connectivity index (χ4n) is 2.30. The van der Waals surface area contributed by atoms with Gasteiger partial charge in [0.15, 0.2) is 0 Å². The Balaban J connectivity index is 2.19. The van der Waals surface area contributed by atoms with Gasteiger partial charge in [0, 0.05) is 24.3 Å². The van der Waals surface area contributed by atoms with E-state index >= 15 is 0 Å². The van der Waals surface area contributed by atoms with Gasteiger partial charge in [-0.25, -0.2) is 0 Å². The zero-order valence-corrected chi connectivity index (χ0v) is 10.9. The highest BCUT2D eigenvalue weighted by molar-refractivity contribution is 5.83. The van der Waals surface area contributed by atoms with Crippen molar-refractivity contribution in [3.63, 3.8) is 0 Å². The molecular weight excluding hydrogens is 238 g/mol. The van der Waals surface area contributed by atoms with Crippen molar-refractivity contribution in [1.29, 1.82) is 0 Å². The Morgan fingerprint density at radius 3 is 2.74 bits per heavy atom. The second-order valence-corrected chi connectivity index (χ2v) is 4.69. The lowest BCUT2D eigenvalue weighted by Gasteiger charge is -2.12. The van der Waals surface area contributed by atoms with Crippen LogP contribution in [0, 0.1) is 6.92 Å². The van der Waals surface area contributed by atoms with Crippen LogP contribution in [0.1, 0.15) is 23.1 Å². The molecule has 0 radical (unpaired) electrons. The van der Waals surface area contributed by atoms with Crippen LogP contribution in [0.2, 0.25) is 0 Å². The summed E-state index contributed by atoms with van der Waals surface area (Å²) in [6, 6.07) is 11.6. The second-order valence-electron chi connectivity index (χ2n) is 4.69. The molecule has 1 atom stereocenters. The largest absolute Gasteiger partial charge is 0.382 e. The summed E-state index contributed by atoms with van der Waals surface area (Å²) in [5.74, 6) is 0. The van der Waals surface area contributed by atoms with E-state index < -0.39 is 6.10 Å². The van der Waals surface area contributed by atoms with Crippen molar-refractivity contribution in [2.75, 3.05) is 0 Å². The maximum Gasteiger partial charge on any atom is 0.124 e. The van der Waals surface area contributed by atoms with Crippen LogP contribution >= 0.6 is 0 Å². The van der Waals surface area contributed by atoms with E-state index in [-0.39, 0.29) is 0 Å². The fraction of sp³-hybridized carbons (Fsp3) is 0.200. The normalized spacial score (nSPS) is 12.8. The van der Waals surface area contributed by atoms with Gasteiger partial charge in [-0.15, -0.1) is 0 Å². The summed E-state index contributed by atoms with van der Waals surface area (Å²) in [5, 5.41) is 15.8. The first-order valence-corrected chi connectivity index (χ1v) is 6.19. The van der Waals surface area contributed by atoms with Gasteiger partial charge in [-0.1, -0.05) is 18.2 Å². The van der Waals surface area contributed by atoms with Gasteiger partial charge in [-0.05, 0) is 30.7 Å². The Bertz CT molecular complexity index is 733. The Labute approximate surface area is 111 Å². The average molecular weight is 253 g/mol. The van der Waals surface area contributed by atoms with Crippen LogP contribution in [0.4, 0.5) is 0 Å². The van der Waals surface area contributed by atoms with Crippen molar-refractivity contribution in [3.8, 4) is 0 Å². The molecule has 0 bridgehead atoms. The topological polar surface area (TPSA) is 50.9 Å². The van der Waals surface area contributed by atoms with E-state index in [1.807, 2.05) is 56.6 Å². The number of rotatable bonds is 2. The zero-order chi connectivity index (χ0) is 13.4. The third-order valence-electron chi connectivity index (χ3n) is 3.19. The molecule has 4 nitrogen and oxygen atoms in total. The smallest absolute Gasteiger partial charge is 0.124 e. The molecule has 0 aliphatic rings. The lowest BCUT2D eigenvalue weighted by Crippen LogP contribution is -2.04. The Hall–Kier alpha value is -2.20. The second kappa shape index (κ2) is 4.48. The number of para-hydroxylation sites is 1. The fourth-order valence-corrected chi connectivity index (χ4v) is 2.30. The first kappa shape index (κ1) is 11.9. The minimum Gasteiger partial charge on any atom is -0.382 e. The molecule has 0 amide bonds. The number of pyridine rings is 1. The summed E-state index contributed by atoms with van der Waals surface area (Å²) in [6.45, 7) is 1.93. The summed E-state index contributed by atoms with van der Waals surface area (Å²) >= 11 is 0. The van der Waals surface area contributed by atoms with Crippen molar-refractivity contribution in [1.82, 2.24) is 14.8 Å². The van der Waals surface area contributed by atoms with Crippen LogP contribution in [0.3, 0.4) is 0 Å². The van der Waals surface area contributed by atoms with E-state index in [4.69, 9.17) is 0 Å². The number of aromatic nitrogens is 3. The molecule has 0 fully saturated rings. The Morgan fingerprint density at radius 2 is 2.00 bits per heavy atom. The van der Waals surface area contributed by atoms with Crippen molar-refractivity contribution in [2.45, 2.75) is 13.0 Å². The molecular formula is C15H15N3O. The van der Waals surface area contributed by atoms with E-state index in [0.717, 1.165) is 22.2 Å². The predicted octanol–water partition coefficient (Wildman–Crippen LogP) is 2.36. The van der Waals surface area contributed by atoms with E-state index in [1.165, 1.54) is 0 Å². The van der Waals surface area contributed by atoms with Crippen LogP contribution in [-0.4, -0.2) is 19.9 Å². The molecule has 3 aromatic rings. The molecule has 1 unspecified atom stereocenters. The number of benzene rings is 1. The van der Waals surface area contributed by atoms with Crippen LogP contribution in [0.25, 0.3) is 10.9 Å². The van der Waals surface area contributed by atoms with Crippen molar-refractivity contribution in [2.24, 2.45) is 7.05 Å². The van der Waals surface area contributed by atoms with E-state index in [1.54, 1.807) is 4.68 Å². The van der Waals surface area contributed by atoms with Gasteiger partial charge >= 0.3 is 0 Å². The monoisotopic (exact) mass is 253 g/mol. The third kappa shape index (κ3) is 2.11. The van der Waals surface area contributed by atoms with Crippen LogP contribution in [0.15, 0.2) is 42.6 Å². The molecule has 0 spiro atoms. The number of aryl methyl sites for hydroxylation is 2. The van der Waals surface area contributed by atoms with Gasteiger partial charge < -0.3 is 5.11 Å². The molecule has 0 aliphatic carbocycles. The summed E-state index contributed by atoms with van der Waals surface area (Å²) < 4.78 is 1.69. The SMILES string of the molecule is Cc1cc(C(O)c2ccn(C)n2)c2ccccc2n1. The van der Waals surface area contributed by atoms with Gasteiger partial charge in [0.25, 0.3) is 0 Å². The highest BCUT2D eigenvalue weighted by Gasteiger charge is 2.16. The van der Waals surface area contributed by atoms with Crippen LogP contribution in [0.5, 0.6) is 0 Å². The van der Waals surface area contributed by atoms with Crippen molar-refractivity contribution >= 4 is 10.9 Å². The number of fused-ring (bicyclic) bond motifs is 1. The van der Waals surface area contributed by atoms with Gasteiger partial charge in [0.05, 0.1) is 11.2 Å². The minimum atomic E-state index is -0.729. The number of aliphatic hydroxyl groups is 1. The summed E-state index contributed by atoms with van der Waals surface area (Å²) in [6.07, 6.45) is 1.10. The molecule has 0 saturated heterocycles. The molecule has 4 heteroatoms. The molecule has 2 aromatic heterocycles. The van der Waals surface area contributed by atoms with Gasteiger partial charge in [0.1, 0.15) is 6.10 Å². The molecule has 19 heavy (non-hydrogen) atoms. The standard InChI is InChI=1S/C15H15N3O/c1-10-9-12(11-5-3-4-6-13(11)16-10)15(19)14-7-8-18(2)17-14/h3-9,15,19H,1-2H3. The molecule has 1 aromatic carbocycles. The third-order valence-corrected chi connectivity index (χ3v) is 3.19. The van der Waals surface area contributed by atoms with Gasteiger partial charge in [-0.2, -0.15) is 5.10 Å². The maximum atomic E-state index is 10.5. The predicted molar refractivity (Wildman–Crippen MR) is 73.7 cm³/mol. The van der Waals surface area contributed by atoms with E-state index in [0.29, 0.717) is 5.69 Å². The molecule has 1 N–H and O–H groups in total. The highest BCUT2D eigenvalue weighted by Crippen LogP contribution is 2.27. The average Bonchev–Trinajstić information content (AvgIpc) is 2.83. The number of nitrogens with zero attached hydrogens (tertiary/aromatic N) is 3. The van der Waals surface area contributed by atoms with Crippen LogP contribution < -0.4 is 0 Å². The number of hydrogen-bond acceptors (Lipinski definition) is 3. The maximum absolute atomic E-state index is 10.5. The minimum absolute atomic E-state index is 0.651. The van der Waals surface area contributed by atoms with Gasteiger partial charge in [-0.3, -0.25) is 9.67 Å². The molecule has 2 heterocycles. The number of hydrogen-bond donors (Lipinski definition) is 1. The quantitative estimate of drug-likeness (QED) is 0.762. The van der Waals surface area contributed by atoms with E-state index in [9.17, 15) is 5.11 Å². The first-order chi connectivity index (χ1) is 9.15. The lowest BCUT2D eigenvalue weighted by atomic mass is 10.0. The molecule has 0 saturated carbocycles. The summed E-state index contributed by atoms with van der Waals surface area (Å²) in [7, 11) is 1.84. The summed E-state index contributed by atoms with van der Waals surface area (Å²) in [5.41, 5.74) is 3.29. The summed E-state index contributed by atoms with van der Waals surface area (Å²) in [4.78, 5) is 4.48. The lowest BCUT2D eigenvalue weighted by molar-refractivity contribution is 0.215. The zero-order valence-electron chi connectivity index (χ0n) is 10.9. The van der Waals surface area contributed by atoms with Crippen molar-refractivity contribution < 1.29 is 5.11 Å². The van der Waals surface area contributed by atoms with Crippen LogP contribution in [-0.2, 0) is 7.05 Å². The van der Waals surface area contributed by atoms with E-state index in [2.05, 4.69) is 10.1 Å². The Kier molecular flexibility index (Phi) is 2.80. The molecule has 3 rings (SSSR count). The number of aliphatic hydroxyl groups excluding tert-OH is 1. The Morgan fingerprint density at radius 1 is 1.21 bits per heavy atom. The molecule has 0 aliphatic heterocycles. The molecule has 96 valence electrons. The first-order valence-electron chi connectivity index (χ1n) is 6.19.